The molecule has 0 radical (unpaired) electrons. The van der Waals surface area contributed by atoms with E-state index in [1.807, 2.05) is 0 Å². The molecule has 0 atom stereocenters. The Hall–Kier alpha value is -1.77. The lowest BCUT2D eigenvalue weighted by Crippen LogP contribution is -2.26. The van der Waals surface area contributed by atoms with Gasteiger partial charge in [0, 0.05) is 22.1 Å². The molecule has 20 heavy (non-hydrogen) atoms. The first-order valence-electron chi connectivity index (χ1n) is 5.79. The van der Waals surface area contributed by atoms with Crippen molar-refractivity contribution in [1.29, 1.82) is 5.26 Å². The topological polar surface area (TPSA) is 44.1 Å². The molecule has 3 nitrogen and oxygen atoms in total. The van der Waals surface area contributed by atoms with E-state index in [0.717, 1.165) is 4.90 Å². The summed E-state index contributed by atoms with van der Waals surface area (Å²) in [6.45, 7) is 0. The van der Waals surface area contributed by atoms with Crippen LogP contribution in [0.3, 0.4) is 0 Å². The quantitative estimate of drug-likeness (QED) is 0.838. The number of nitriles is 1. The van der Waals surface area contributed by atoms with Crippen LogP contribution in [0.1, 0.15) is 15.9 Å². The molecule has 0 unspecified atom stereocenters. The minimum Gasteiger partial charge on any atom is -0.311 e. The van der Waals surface area contributed by atoms with Crippen LogP contribution in [0.15, 0.2) is 51.8 Å². The van der Waals surface area contributed by atoms with Gasteiger partial charge in [0.25, 0.3) is 5.91 Å². The highest BCUT2D eigenvalue weighted by molar-refractivity contribution is 9.10. The first kappa shape index (κ1) is 14.6. The van der Waals surface area contributed by atoms with Crippen LogP contribution in [-0.2, 0) is 0 Å². The molecule has 2 rings (SSSR count). The Morgan fingerprint density at radius 1 is 1.30 bits per heavy atom. The smallest absolute Gasteiger partial charge is 0.259 e. The number of benzene rings is 2. The summed E-state index contributed by atoms with van der Waals surface area (Å²) in [5, 5.41) is 8.91. The molecule has 1 amide bonds. The monoisotopic (exact) mass is 346 g/mol. The zero-order chi connectivity index (χ0) is 14.7. The van der Waals surface area contributed by atoms with E-state index in [1.165, 1.54) is 4.90 Å². The van der Waals surface area contributed by atoms with Crippen molar-refractivity contribution in [2.45, 2.75) is 4.90 Å². The van der Waals surface area contributed by atoms with Crippen LogP contribution in [-0.4, -0.2) is 13.0 Å². The summed E-state index contributed by atoms with van der Waals surface area (Å²) < 4.78 is 0.712. The standard InChI is InChI=1S/C15H11BrN2OS/c1-18(11-4-2-3-10(7-11)9-17)15(19)13-8-12(20)5-6-14(13)16/h2-8,20H,1H3. The van der Waals surface area contributed by atoms with E-state index < -0.39 is 0 Å². The van der Waals surface area contributed by atoms with Gasteiger partial charge in [0.05, 0.1) is 17.2 Å². The van der Waals surface area contributed by atoms with Crippen molar-refractivity contribution in [3.63, 3.8) is 0 Å². The van der Waals surface area contributed by atoms with Gasteiger partial charge in [-0.1, -0.05) is 6.07 Å². The van der Waals surface area contributed by atoms with E-state index in [0.29, 0.717) is 21.3 Å². The molecule has 2 aromatic carbocycles. The maximum Gasteiger partial charge on any atom is 0.259 e. The fourth-order valence-electron chi connectivity index (χ4n) is 1.76. The summed E-state index contributed by atoms with van der Waals surface area (Å²) in [7, 11) is 1.68. The Bertz CT molecular complexity index is 709. The molecule has 0 aliphatic rings. The van der Waals surface area contributed by atoms with E-state index in [-0.39, 0.29) is 5.91 Å². The summed E-state index contributed by atoms with van der Waals surface area (Å²) >= 11 is 7.61. The Morgan fingerprint density at radius 3 is 2.75 bits per heavy atom. The fraction of sp³-hybridized carbons (Fsp3) is 0.0667. The zero-order valence-corrected chi connectivity index (χ0v) is 13.1. The minimum atomic E-state index is -0.164. The molecule has 0 spiro atoms. The third kappa shape index (κ3) is 3.03. The Balaban J connectivity index is 2.37. The lowest BCUT2D eigenvalue weighted by atomic mass is 10.1. The van der Waals surface area contributed by atoms with Crippen molar-refractivity contribution in [1.82, 2.24) is 0 Å². The van der Waals surface area contributed by atoms with Gasteiger partial charge in [-0.05, 0) is 52.3 Å². The number of thiol groups is 1. The lowest BCUT2D eigenvalue weighted by Gasteiger charge is -2.18. The molecule has 0 saturated carbocycles. The third-order valence-electron chi connectivity index (χ3n) is 2.85. The molecule has 0 aliphatic heterocycles. The maximum absolute atomic E-state index is 12.5. The summed E-state index contributed by atoms with van der Waals surface area (Å²) in [6, 6.07) is 14.3. The third-order valence-corrected chi connectivity index (χ3v) is 3.82. The number of nitrogens with zero attached hydrogens (tertiary/aromatic N) is 2. The van der Waals surface area contributed by atoms with Crippen LogP contribution in [0, 0.1) is 11.3 Å². The van der Waals surface area contributed by atoms with Crippen molar-refractivity contribution < 1.29 is 4.79 Å². The fourth-order valence-corrected chi connectivity index (χ4v) is 2.38. The molecule has 0 bridgehead atoms. The Labute approximate surface area is 131 Å². The van der Waals surface area contributed by atoms with E-state index in [9.17, 15) is 4.79 Å². The van der Waals surface area contributed by atoms with Crippen molar-refractivity contribution in [3.8, 4) is 6.07 Å². The van der Waals surface area contributed by atoms with Gasteiger partial charge in [-0.15, -0.1) is 12.6 Å². The van der Waals surface area contributed by atoms with Gasteiger partial charge in [-0.2, -0.15) is 5.26 Å². The van der Waals surface area contributed by atoms with Gasteiger partial charge >= 0.3 is 0 Å². The van der Waals surface area contributed by atoms with Gasteiger partial charge in [0.2, 0.25) is 0 Å². The van der Waals surface area contributed by atoms with Crippen molar-refractivity contribution >= 4 is 40.2 Å². The van der Waals surface area contributed by atoms with Crippen LogP contribution >= 0.6 is 28.6 Å². The summed E-state index contributed by atoms with van der Waals surface area (Å²) in [4.78, 5) is 14.7. The summed E-state index contributed by atoms with van der Waals surface area (Å²) in [6.07, 6.45) is 0. The molecular formula is C15H11BrN2OS. The van der Waals surface area contributed by atoms with E-state index in [4.69, 9.17) is 5.26 Å². The van der Waals surface area contributed by atoms with Crippen LogP contribution in [0.25, 0.3) is 0 Å². The van der Waals surface area contributed by atoms with Gasteiger partial charge < -0.3 is 4.90 Å². The van der Waals surface area contributed by atoms with Gasteiger partial charge in [0.15, 0.2) is 0 Å². The SMILES string of the molecule is CN(C(=O)c1cc(S)ccc1Br)c1cccc(C#N)c1. The number of anilines is 1. The van der Waals surface area contributed by atoms with E-state index in [2.05, 4.69) is 34.6 Å². The lowest BCUT2D eigenvalue weighted by molar-refractivity contribution is 0.0992. The zero-order valence-electron chi connectivity index (χ0n) is 10.7. The van der Waals surface area contributed by atoms with Crippen LogP contribution in [0.2, 0.25) is 0 Å². The minimum absolute atomic E-state index is 0.164. The number of amides is 1. The number of hydrogen-bond acceptors (Lipinski definition) is 3. The normalized spacial score (nSPS) is 9.90. The average molecular weight is 347 g/mol. The van der Waals surface area contributed by atoms with Gasteiger partial charge in [-0.25, -0.2) is 0 Å². The van der Waals surface area contributed by atoms with Crippen LogP contribution in [0.4, 0.5) is 5.69 Å². The van der Waals surface area contributed by atoms with Crippen molar-refractivity contribution in [3.05, 3.63) is 58.1 Å². The Morgan fingerprint density at radius 2 is 2.05 bits per heavy atom. The molecule has 0 fully saturated rings. The summed E-state index contributed by atoms with van der Waals surface area (Å²) in [5.41, 5.74) is 1.72. The average Bonchev–Trinajstić information content (AvgIpc) is 2.48. The number of hydrogen-bond donors (Lipinski definition) is 1. The predicted molar refractivity (Wildman–Crippen MR) is 85.3 cm³/mol. The molecule has 0 saturated heterocycles. The molecule has 0 aliphatic carbocycles. The maximum atomic E-state index is 12.5. The molecule has 0 aromatic heterocycles. The largest absolute Gasteiger partial charge is 0.311 e. The molecule has 5 heteroatoms. The van der Waals surface area contributed by atoms with Gasteiger partial charge in [-0.3, -0.25) is 4.79 Å². The Kier molecular flexibility index (Phi) is 4.48. The predicted octanol–water partition coefficient (Wildman–Crippen LogP) is 3.89. The highest BCUT2D eigenvalue weighted by Gasteiger charge is 2.16. The van der Waals surface area contributed by atoms with Crippen molar-refractivity contribution in [2.75, 3.05) is 11.9 Å². The number of rotatable bonds is 2. The van der Waals surface area contributed by atoms with Crippen LogP contribution in [0.5, 0.6) is 0 Å². The number of halogens is 1. The second-order valence-electron chi connectivity index (χ2n) is 4.19. The second kappa shape index (κ2) is 6.12. The summed E-state index contributed by atoms with van der Waals surface area (Å²) in [5.74, 6) is -0.164. The number of carbonyl (C=O) groups excluding carboxylic acids is 1. The highest BCUT2D eigenvalue weighted by Crippen LogP contribution is 2.24. The van der Waals surface area contributed by atoms with Crippen molar-refractivity contribution in [2.24, 2.45) is 0 Å². The second-order valence-corrected chi connectivity index (χ2v) is 5.56. The van der Waals surface area contributed by atoms with Gasteiger partial charge in [0.1, 0.15) is 0 Å². The van der Waals surface area contributed by atoms with E-state index in [1.54, 1.807) is 49.5 Å². The molecule has 100 valence electrons. The highest BCUT2D eigenvalue weighted by atomic mass is 79.9. The number of carbonyl (C=O) groups is 1. The molecule has 2 aromatic rings. The van der Waals surface area contributed by atoms with Crippen LogP contribution < -0.4 is 4.90 Å². The van der Waals surface area contributed by atoms with E-state index >= 15 is 0 Å². The first-order chi connectivity index (χ1) is 9.52. The molecule has 0 heterocycles. The molecule has 0 N–H and O–H groups in total. The first-order valence-corrected chi connectivity index (χ1v) is 7.03. The molecular weight excluding hydrogens is 336 g/mol.